The lowest BCUT2D eigenvalue weighted by atomic mass is 10.0. The molecule has 0 atom stereocenters. The van der Waals surface area contributed by atoms with Gasteiger partial charge in [-0.15, -0.1) is 0 Å². The Bertz CT molecular complexity index is 762. The molecular formula is C15H18N6. The largest absolute Gasteiger partial charge is 0.357 e. The number of nitrogens with zero attached hydrogens (tertiary/aromatic N) is 3. The molecule has 3 N–H and O–H groups in total. The Morgan fingerprint density at radius 1 is 1.14 bits per heavy atom. The average molecular weight is 282 g/mol. The number of nitrogens with one attached hydrogen (secondary N) is 3. The molecule has 0 radical (unpaired) electrons. The monoisotopic (exact) mass is 282 g/mol. The molecule has 1 aromatic carbocycles. The fourth-order valence-electron chi connectivity index (χ4n) is 2.28. The predicted molar refractivity (Wildman–Crippen MR) is 85.0 cm³/mol. The van der Waals surface area contributed by atoms with Crippen molar-refractivity contribution < 1.29 is 0 Å². The predicted octanol–water partition coefficient (Wildman–Crippen LogP) is 3.26. The number of benzene rings is 1. The molecule has 21 heavy (non-hydrogen) atoms. The fourth-order valence-corrected chi connectivity index (χ4v) is 2.28. The third kappa shape index (κ3) is 2.52. The van der Waals surface area contributed by atoms with Crippen molar-refractivity contribution in [3.63, 3.8) is 0 Å². The molecule has 0 saturated heterocycles. The molecule has 0 aliphatic rings. The first-order valence-electron chi connectivity index (χ1n) is 6.94. The fraction of sp³-hybridized carbons (Fsp3) is 0.267. The zero-order valence-corrected chi connectivity index (χ0v) is 12.3. The highest BCUT2D eigenvalue weighted by molar-refractivity contribution is 5.86. The first-order valence-corrected chi connectivity index (χ1v) is 6.94. The van der Waals surface area contributed by atoms with Crippen molar-refractivity contribution in [3.8, 4) is 0 Å². The van der Waals surface area contributed by atoms with E-state index < -0.39 is 0 Å². The molecule has 2 aromatic heterocycles. The second kappa shape index (κ2) is 5.40. The van der Waals surface area contributed by atoms with Gasteiger partial charge in [0, 0.05) is 12.7 Å². The molecule has 6 heteroatoms. The Labute approximate surface area is 123 Å². The molecule has 0 aliphatic heterocycles. The van der Waals surface area contributed by atoms with Crippen LogP contribution in [0, 0.1) is 0 Å². The minimum atomic E-state index is 0.427. The summed E-state index contributed by atoms with van der Waals surface area (Å²) in [5, 5.41) is 6.35. The van der Waals surface area contributed by atoms with Gasteiger partial charge in [-0.25, -0.2) is 4.98 Å². The molecule has 0 fully saturated rings. The van der Waals surface area contributed by atoms with Crippen molar-refractivity contribution in [2.75, 3.05) is 17.7 Å². The van der Waals surface area contributed by atoms with Gasteiger partial charge in [-0.3, -0.25) is 0 Å². The van der Waals surface area contributed by atoms with Crippen LogP contribution in [0.5, 0.6) is 0 Å². The van der Waals surface area contributed by atoms with E-state index in [-0.39, 0.29) is 0 Å². The molecule has 3 rings (SSSR count). The molecule has 0 bridgehead atoms. The number of aromatic amines is 1. The number of hydrogen-bond donors (Lipinski definition) is 3. The van der Waals surface area contributed by atoms with Gasteiger partial charge in [0.25, 0.3) is 0 Å². The van der Waals surface area contributed by atoms with Crippen LogP contribution >= 0.6 is 0 Å². The molecule has 108 valence electrons. The van der Waals surface area contributed by atoms with Crippen LogP contribution in [0.2, 0.25) is 0 Å². The summed E-state index contributed by atoms with van der Waals surface area (Å²) in [4.78, 5) is 16.1. The number of imidazole rings is 1. The van der Waals surface area contributed by atoms with Gasteiger partial charge in [-0.2, -0.15) is 9.97 Å². The van der Waals surface area contributed by atoms with E-state index in [0.717, 1.165) is 17.0 Å². The van der Waals surface area contributed by atoms with Gasteiger partial charge in [0.1, 0.15) is 5.52 Å². The van der Waals surface area contributed by atoms with E-state index in [9.17, 15) is 0 Å². The van der Waals surface area contributed by atoms with Crippen LogP contribution < -0.4 is 10.6 Å². The summed E-state index contributed by atoms with van der Waals surface area (Å²) in [7, 11) is 1.79. The van der Waals surface area contributed by atoms with E-state index in [1.165, 1.54) is 5.56 Å². The summed E-state index contributed by atoms with van der Waals surface area (Å²) < 4.78 is 0. The highest BCUT2D eigenvalue weighted by atomic mass is 15.2. The minimum Gasteiger partial charge on any atom is -0.357 e. The molecule has 6 nitrogen and oxygen atoms in total. The van der Waals surface area contributed by atoms with E-state index >= 15 is 0 Å². The summed E-state index contributed by atoms with van der Waals surface area (Å²) >= 11 is 0. The van der Waals surface area contributed by atoms with Crippen LogP contribution in [0.15, 0.2) is 30.6 Å². The van der Waals surface area contributed by atoms with Gasteiger partial charge < -0.3 is 15.6 Å². The summed E-state index contributed by atoms with van der Waals surface area (Å²) in [6.45, 7) is 4.34. The van der Waals surface area contributed by atoms with Gasteiger partial charge in [0.15, 0.2) is 11.5 Å². The van der Waals surface area contributed by atoms with Crippen molar-refractivity contribution in [3.05, 3.63) is 36.2 Å². The lowest BCUT2D eigenvalue weighted by Crippen LogP contribution is -2.03. The van der Waals surface area contributed by atoms with Crippen LogP contribution in [0.3, 0.4) is 0 Å². The Kier molecular flexibility index (Phi) is 3.43. The Balaban J connectivity index is 2.07. The number of para-hydroxylation sites is 1. The highest BCUT2D eigenvalue weighted by Gasteiger charge is 2.12. The number of hydrogen-bond acceptors (Lipinski definition) is 5. The SMILES string of the molecule is CNc1nc(Nc2ccccc2C(C)C)c2[nH]cnc2n1. The topological polar surface area (TPSA) is 78.5 Å². The van der Waals surface area contributed by atoms with E-state index in [2.05, 4.69) is 56.5 Å². The summed E-state index contributed by atoms with van der Waals surface area (Å²) in [5.41, 5.74) is 3.73. The third-order valence-corrected chi connectivity index (χ3v) is 3.35. The van der Waals surface area contributed by atoms with Gasteiger partial charge in [0.05, 0.1) is 6.33 Å². The molecule has 0 amide bonds. The van der Waals surface area contributed by atoms with Crippen LogP contribution in [-0.4, -0.2) is 27.0 Å². The Morgan fingerprint density at radius 2 is 1.95 bits per heavy atom. The second-order valence-electron chi connectivity index (χ2n) is 5.11. The summed E-state index contributed by atoms with van der Waals surface area (Å²) in [5.74, 6) is 1.69. The molecule has 2 heterocycles. The van der Waals surface area contributed by atoms with Crippen molar-refractivity contribution in [2.45, 2.75) is 19.8 Å². The normalized spacial score (nSPS) is 11.0. The van der Waals surface area contributed by atoms with Gasteiger partial charge in [0.2, 0.25) is 5.95 Å². The number of rotatable bonds is 4. The maximum Gasteiger partial charge on any atom is 0.226 e. The molecule has 0 saturated carbocycles. The zero-order valence-electron chi connectivity index (χ0n) is 12.3. The minimum absolute atomic E-state index is 0.427. The molecule has 0 unspecified atom stereocenters. The standard InChI is InChI=1S/C15H18N6/c1-9(2)10-6-4-5-7-11(10)19-14-12-13(18-8-17-12)20-15(16-3)21-14/h4-9H,1-3H3,(H3,16,17,18,19,20,21). The average Bonchev–Trinajstić information content (AvgIpc) is 2.96. The van der Waals surface area contributed by atoms with Crippen LogP contribution in [0.4, 0.5) is 17.5 Å². The van der Waals surface area contributed by atoms with Crippen molar-refractivity contribution in [2.24, 2.45) is 0 Å². The van der Waals surface area contributed by atoms with E-state index in [4.69, 9.17) is 0 Å². The summed E-state index contributed by atoms with van der Waals surface area (Å²) in [6, 6.07) is 8.24. The smallest absolute Gasteiger partial charge is 0.226 e. The summed E-state index contributed by atoms with van der Waals surface area (Å²) in [6.07, 6.45) is 1.62. The van der Waals surface area contributed by atoms with Crippen molar-refractivity contribution in [1.29, 1.82) is 0 Å². The molecule has 0 aliphatic carbocycles. The van der Waals surface area contributed by atoms with Gasteiger partial charge in [-0.05, 0) is 17.5 Å². The Hall–Kier alpha value is -2.63. The first kappa shape index (κ1) is 13.4. The molecule has 0 spiro atoms. The van der Waals surface area contributed by atoms with E-state index in [1.807, 2.05) is 12.1 Å². The maximum atomic E-state index is 4.48. The van der Waals surface area contributed by atoms with Gasteiger partial charge >= 0.3 is 0 Å². The van der Waals surface area contributed by atoms with Crippen molar-refractivity contribution >= 4 is 28.6 Å². The number of fused-ring (bicyclic) bond motifs is 1. The number of H-pyrrole nitrogens is 1. The van der Waals surface area contributed by atoms with Crippen LogP contribution in [-0.2, 0) is 0 Å². The molecule has 3 aromatic rings. The van der Waals surface area contributed by atoms with Crippen LogP contribution in [0.1, 0.15) is 25.3 Å². The van der Waals surface area contributed by atoms with E-state index in [0.29, 0.717) is 17.5 Å². The lowest BCUT2D eigenvalue weighted by molar-refractivity contribution is 0.869. The maximum absolute atomic E-state index is 4.48. The number of aromatic nitrogens is 4. The van der Waals surface area contributed by atoms with Crippen molar-refractivity contribution in [1.82, 2.24) is 19.9 Å². The molecular weight excluding hydrogens is 264 g/mol. The first-order chi connectivity index (χ1) is 10.2. The van der Waals surface area contributed by atoms with Gasteiger partial charge in [-0.1, -0.05) is 32.0 Å². The highest BCUT2D eigenvalue weighted by Crippen LogP contribution is 2.28. The van der Waals surface area contributed by atoms with Crippen LogP contribution in [0.25, 0.3) is 11.2 Å². The lowest BCUT2D eigenvalue weighted by Gasteiger charge is -2.14. The zero-order chi connectivity index (χ0) is 14.8. The quantitative estimate of drug-likeness (QED) is 0.684. The third-order valence-electron chi connectivity index (χ3n) is 3.35. The van der Waals surface area contributed by atoms with E-state index in [1.54, 1.807) is 13.4 Å². The Morgan fingerprint density at radius 3 is 2.71 bits per heavy atom. The second-order valence-corrected chi connectivity index (χ2v) is 5.11. The number of anilines is 3.